The quantitative estimate of drug-likeness (QED) is 0.510. The zero-order valence-corrected chi connectivity index (χ0v) is 14.8. The number of aromatic nitrogens is 1. The first-order valence-corrected chi connectivity index (χ1v) is 8.76. The van der Waals surface area contributed by atoms with Gasteiger partial charge in [0.2, 0.25) is 0 Å². The molecule has 2 aromatic rings. The molecular weight excluding hydrogens is 346 g/mol. The van der Waals surface area contributed by atoms with E-state index in [-0.39, 0.29) is 5.69 Å². The van der Waals surface area contributed by atoms with Crippen molar-refractivity contribution >= 4 is 39.5 Å². The van der Waals surface area contributed by atoms with Crippen LogP contribution in [0.3, 0.4) is 0 Å². The molecule has 1 aromatic carbocycles. The third-order valence-electron chi connectivity index (χ3n) is 3.86. The first kappa shape index (κ1) is 16.7. The summed E-state index contributed by atoms with van der Waals surface area (Å²) >= 11 is 6.88. The Morgan fingerprint density at radius 3 is 2.83 bits per heavy atom. The van der Waals surface area contributed by atoms with Gasteiger partial charge in [-0.15, -0.1) is 11.3 Å². The topological polar surface area (TPSA) is 74.5 Å². The van der Waals surface area contributed by atoms with Crippen LogP contribution in [0.2, 0.25) is 0 Å². The Labute approximate surface area is 149 Å². The first-order valence-electron chi connectivity index (χ1n) is 7.48. The molecule has 0 spiro atoms. The molecular formula is C15H17N5O2S2. The number of nitrogens with one attached hydrogen (secondary N) is 1. The van der Waals surface area contributed by atoms with Crippen LogP contribution < -0.4 is 5.32 Å². The van der Waals surface area contributed by atoms with E-state index in [1.54, 1.807) is 6.07 Å². The number of rotatable bonds is 3. The summed E-state index contributed by atoms with van der Waals surface area (Å²) in [6.07, 6.45) is 0. The normalized spacial score (nSPS) is 15.3. The lowest BCUT2D eigenvalue weighted by molar-refractivity contribution is -0.384. The third kappa shape index (κ3) is 3.86. The van der Waals surface area contributed by atoms with Gasteiger partial charge in [-0.2, -0.15) is 0 Å². The fourth-order valence-corrected chi connectivity index (χ4v) is 3.49. The van der Waals surface area contributed by atoms with E-state index in [9.17, 15) is 10.1 Å². The van der Waals surface area contributed by atoms with Crippen LogP contribution in [-0.4, -0.2) is 58.0 Å². The molecule has 0 unspecified atom stereocenters. The molecule has 1 N–H and O–H groups in total. The average molecular weight is 363 g/mol. The van der Waals surface area contributed by atoms with Crippen molar-refractivity contribution in [1.29, 1.82) is 0 Å². The molecule has 3 rings (SSSR count). The molecule has 126 valence electrons. The highest BCUT2D eigenvalue weighted by atomic mass is 32.1. The molecule has 0 bridgehead atoms. The van der Waals surface area contributed by atoms with Crippen molar-refractivity contribution in [3.63, 3.8) is 0 Å². The third-order valence-corrected chi connectivity index (χ3v) is 4.98. The van der Waals surface area contributed by atoms with Crippen LogP contribution in [0.1, 0.15) is 0 Å². The summed E-state index contributed by atoms with van der Waals surface area (Å²) < 4.78 is 0. The van der Waals surface area contributed by atoms with Gasteiger partial charge in [-0.1, -0.05) is 12.1 Å². The van der Waals surface area contributed by atoms with E-state index in [1.807, 2.05) is 11.4 Å². The highest BCUT2D eigenvalue weighted by molar-refractivity contribution is 7.80. The van der Waals surface area contributed by atoms with Crippen LogP contribution in [-0.2, 0) is 0 Å². The second kappa shape index (κ2) is 7.20. The lowest BCUT2D eigenvalue weighted by Gasteiger charge is -2.33. The number of nitrogens with zero attached hydrogens (tertiary/aromatic N) is 4. The zero-order chi connectivity index (χ0) is 17.1. The minimum absolute atomic E-state index is 0.0583. The van der Waals surface area contributed by atoms with Crippen LogP contribution in [0.25, 0.3) is 11.3 Å². The van der Waals surface area contributed by atoms with E-state index in [0.717, 1.165) is 31.7 Å². The molecule has 1 fully saturated rings. The number of likely N-dealkylation sites (N-methyl/N-ethyl adjacent to an activating group) is 1. The summed E-state index contributed by atoms with van der Waals surface area (Å²) in [5, 5.41) is 17.3. The molecule has 0 radical (unpaired) electrons. The summed E-state index contributed by atoms with van der Waals surface area (Å²) in [6.45, 7) is 3.76. The molecule has 1 aromatic heterocycles. The van der Waals surface area contributed by atoms with E-state index in [4.69, 9.17) is 12.2 Å². The van der Waals surface area contributed by atoms with E-state index in [1.165, 1.54) is 23.5 Å². The summed E-state index contributed by atoms with van der Waals surface area (Å²) in [6, 6.07) is 6.47. The Hall–Kier alpha value is -2.10. The molecule has 2 heterocycles. The molecule has 9 heteroatoms. The summed E-state index contributed by atoms with van der Waals surface area (Å²) in [7, 11) is 2.10. The zero-order valence-electron chi connectivity index (χ0n) is 13.1. The van der Waals surface area contributed by atoms with Crippen molar-refractivity contribution in [2.75, 3.05) is 38.5 Å². The predicted octanol–water partition coefficient (Wildman–Crippen LogP) is 2.66. The number of thiazole rings is 1. The van der Waals surface area contributed by atoms with Gasteiger partial charge in [0.15, 0.2) is 10.2 Å². The van der Waals surface area contributed by atoms with Gasteiger partial charge < -0.3 is 15.1 Å². The van der Waals surface area contributed by atoms with Crippen LogP contribution in [0.15, 0.2) is 29.6 Å². The van der Waals surface area contributed by atoms with Crippen molar-refractivity contribution in [2.45, 2.75) is 0 Å². The van der Waals surface area contributed by atoms with Crippen molar-refractivity contribution in [2.24, 2.45) is 0 Å². The maximum absolute atomic E-state index is 10.9. The van der Waals surface area contributed by atoms with Crippen LogP contribution in [0.4, 0.5) is 10.8 Å². The van der Waals surface area contributed by atoms with Gasteiger partial charge in [-0.05, 0) is 19.3 Å². The fourth-order valence-electron chi connectivity index (χ4n) is 2.42. The number of nitro benzene ring substituents is 1. The number of benzene rings is 1. The summed E-state index contributed by atoms with van der Waals surface area (Å²) in [4.78, 5) is 19.4. The molecule has 0 atom stereocenters. The Kier molecular flexibility index (Phi) is 5.03. The number of anilines is 1. The van der Waals surface area contributed by atoms with Crippen LogP contribution in [0.5, 0.6) is 0 Å². The second-order valence-electron chi connectivity index (χ2n) is 5.57. The number of hydrogen-bond donors (Lipinski definition) is 1. The average Bonchev–Trinajstić information content (AvgIpc) is 3.04. The molecule has 1 aliphatic rings. The van der Waals surface area contributed by atoms with Crippen LogP contribution in [0, 0.1) is 10.1 Å². The molecule has 0 aliphatic carbocycles. The maximum atomic E-state index is 10.9. The van der Waals surface area contributed by atoms with Crippen molar-refractivity contribution in [3.8, 4) is 11.3 Å². The molecule has 1 saturated heterocycles. The van der Waals surface area contributed by atoms with Crippen molar-refractivity contribution in [1.82, 2.24) is 14.8 Å². The number of nitro groups is 1. The monoisotopic (exact) mass is 363 g/mol. The van der Waals surface area contributed by atoms with E-state index in [2.05, 4.69) is 27.1 Å². The molecule has 0 saturated carbocycles. The summed E-state index contributed by atoms with van der Waals surface area (Å²) in [5.41, 5.74) is 1.48. The highest BCUT2D eigenvalue weighted by Crippen LogP contribution is 2.27. The number of hydrogen-bond acceptors (Lipinski definition) is 6. The molecule has 1 aliphatic heterocycles. The second-order valence-corrected chi connectivity index (χ2v) is 6.81. The summed E-state index contributed by atoms with van der Waals surface area (Å²) in [5.74, 6) is 0. The Balaban J connectivity index is 1.68. The van der Waals surface area contributed by atoms with Gasteiger partial charge in [-0.25, -0.2) is 4.98 Å². The first-order chi connectivity index (χ1) is 11.5. The molecule has 24 heavy (non-hydrogen) atoms. The van der Waals surface area contributed by atoms with Crippen LogP contribution >= 0.6 is 23.6 Å². The lowest BCUT2D eigenvalue weighted by Crippen LogP contribution is -2.48. The van der Waals surface area contributed by atoms with Gasteiger partial charge in [0.25, 0.3) is 5.69 Å². The molecule has 0 amide bonds. The maximum Gasteiger partial charge on any atom is 0.270 e. The predicted molar refractivity (Wildman–Crippen MR) is 99.5 cm³/mol. The van der Waals surface area contributed by atoms with E-state index < -0.39 is 4.92 Å². The van der Waals surface area contributed by atoms with E-state index >= 15 is 0 Å². The van der Waals surface area contributed by atoms with Crippen molar-refractivity contribution in [3.05, 3.63) is 39.8 Å². The van der Waals surface area contributed by atoms with Crippen molar-refractivity contribution < 1.29 is 4.92 Å². The van der Waals surface area contributed by atoms with Gasteiger partial charge >= 0.3 is 0 Å². The van der Waals surface area contributed by atoms with Gasteiger partial charge in [0.1, 0.15) is 0 Å². The largest absolute Gasteiger partial charge is 0.346 e. The fraction of sp³-hybridized carbons (Fsp3) is 0.333. The Morgan fingerprint density at radius 1 is 1.38 bits per heavy atom. The number of piperazine rings is 1. The minimum Gasteiger partial charge on any atom is -0.346 e. The Bertz CT molecular complexity index is 756. The van der Waals surface area contributed by atoms with Gasteiger partial charge in [-0.3, -0.25) is 10.1 Å². The Morgan fingerprint density at radius 2 is 2.12 bits per heavy atom. The lowest BCUT2D eigenvalue weighted by atomic mass is 10.1. The molecule has 7 nitrogen and oxygen atoms in total. The number of non-ortho nitro benzene ring substituents is 1. The highest BCUT2D eigenvalue weighted by Gasteiger charge is 2.17. The SMILES string of the molecule is CN1CCN(C(=S)Nc2nc(-c3cccc([N+](=O)[O-])c3)cs2)CC1. The van der Waals surface area contributed by atoms with E-state index in [0.29, 0.717) is 15.9 Å². The smallest absolute Gasteiger partial charge is 0.270 e. The van der Waals surface area contributed by atoms with Gasteiger partial charge in [0, 0.05) is 49.3 Å². The standard InChI is InChI=1S/C15H17N5O2S2/c1-18-5-7-19(8-6-18)15(23)17-14-16-13(10-24-14)11-3-2-4-12(9-11)20(21)22/h2-4,9-10H,5-8H2,1H3,(H,16,17,23). The number of thiocarbonyl (C=S) groups is 1. The minimum atomic E-state index is -0.405. The van der Waals surface area contributed by atoms with Gasteiger partial charge in [0.05, 0.1) is 10.6 Å².